The molecule has 3 N–H and O–H groups in total. The van der Waals surface area contributed by atoms with Gasteiger partial charge in [-0.15, -0.1) is 0 Å². The molecule has 2 aromatic carbocycles. The van der Waals surface area contributed by atoms with Gasteiger partial charge in [0.15, 0.2) is 5.82 Å². The van der Waals surface area contributed by atoms with Crippen molar-refractivity contribution in [2.75, 3.05) is 50.0 Å². The van der Waals surface area contributed by atoms with Crippen LogP contribution in [0.15, 0.2) is 57.1 Å². The summed E-state index contributed by atoms with van der Waals surface area (Å²) in [5.74, 6) is -0.720. The second-order valence-corrected chi connectivity index (χ2v) is 20.3. The van der Waals surface area contributed by atoms with Gasteiger partial charge in [0.1, 0.15) is 28.1 Å². The molecule has 0 bridgehead atoms. The third-order valence-corrected chi connectivity index (χ3v) is 16.1. The van der Waals surface area contributed by atoms with Crippen LogP contribution in [0.25, 0.3) is 22.1 Å². The molecule has 3 aromatic heterocycles. The first-order valence-electron chi connectivity index (χ1n) is 22.0. The second kappa shape index (κ2) is 17.1. The van der Waals surface area contributed by atoms with Crippen LogP contribution in [0.4, 0.5) is 26.1 Å². The van der Waals surface area contributed by atoms with E-state index in [-0.39, 0.29) is 88.4 Å². The number of likely N-dealkylation sites (tertiary alicyclic amines) is 1. The van der Waals surface area contributed by atoms with Gasteiger partial charge in [0.2, 0.25) is 21.9 Å². The number of aromatic nitrogens is 5. The van der Waals surface area contributed by atoms with E-state index in [1.54, 1.807) is 53.0 Å². The molecule has 2 atom stereocenters. The number of imidazole rings is 1. The van der Waals surface area contributed by atoms with Crippen LogP contribution < -0.4 is 26.8 Å². The molecule has 4 fully saturated rings. The van der Waals surface area contributed by atoms with E-state index in [1.165, 1.54) is 26.6 Å². The number of piperidine rings is 3. The number of nitrogens with one attached hydrogen (secondary N) is 2. The van der Waals surface area contributed by atoms with Gasteiger partial charge in [0.05, 0.1) is 28.7 Å². The molecule has 342 valence electrons. The van der Waals surface area contributed by atoms with Gasteiger partial charge in [-0.2, -0.15) is 9.29 Å². The zero-order chi connectivity index (χ0) is 45.2. The van der Waals surface area contributed by atoms with E-state index in [2.05, 4.69) is 20.5 Å². The predicted molar refractivity (Wildman–Crippen MR) is 240 cm³/mol. The number of hydrogen-bond donors (Lipinski definition) is 3. The zero-order valence-electron chi connectivity index (χ0n) is 36.1. The monoisotopic (exact) mass is 922 g/mol. The Labute approximate surface area is 373 Å². The highest BCUT2D eigenvalue weighted by Gasteiger charge is 2.40. The van der Waals surface area contributed by atoms with Gasteiger partial charge >= 0.3 is 5.69 Å². The number of carbonyl (C=O) groups is 1. The highest BCUT2D eigenvalue weighted by Crippen LogP contribution is 2.36. The molecule has 2 unspecified atom stereocenters. The Morgan fingerprint density at radius 2 is 1.70 bits per heavy atom. The Bertz CT molecular complexity index is 2870. The minimum absolute atomic E-state index is 0.0159. The number of halogens is 3. The molecule has 1 aliphatic carbocycles. The van der Waals surface area contributed by atoms with E-state index in [4.69, 9.17) is 16.6 Å². The fourth-order valence-corrected chi connectivity index (χ4v) is 12.1. The van der Waals surface area contributed by atoms with Crippen molar-refractivity contribution in [3.8, 4) is 0 Å². The van der Waals surface area contributed by atoms with E-state index >= 15 is 8.78 Å². The Kier molecular flexibility index (Phi) is 11.8. The number of benzene rings is 2. The number of amides is 1. The lowest BCUT2D eigenvalue weighted by Crippen LogP contribution is -2.53. The molecule has 6 heterocycles. The number of hydrogen-bond acceptors (Lipinski definition) is 11. The van der Waals surface area contributed by atoms with Crippen molar-refractivity contribution >= 4 is 66.9 Å². The van der Waals surface area contributed by atoms with Gasteiger partial charge in [0, 0.05) is 76.0 Å². The summed E-state index contributed by atoms with van der Waals surface area (Å²) < 4.78 is 66.2. The molecule has 4 aliphatic rings. The number of anilines is 3. The lowest BCUT2D eigenvalue weighted by atomic mass is 9.90. The molecule has 20 heteroatoms. The number of rotatable bonds is 10. The first-order chi connectivity index (χ1) is 30.5. The summed E-state index contributed by atoms with van der Waals surface area (Å²) >= 11 is 6.29. The minimum Gasteiger partial charge on any atom is -0.372 e. The van der Waals surface area contributed by atoms with E-state index in [0.717, 1.165) is 25.7 Å². The molecule has 3 aliphatic heterocycles. The lowest BCUT2D eigenvalue weighted by Gasteiger charge is -2.44. The quantitative estimate of drug-likeness (QED) is 0.166. The predicted octanol–water partition coefficient (Wildman–Crippen LogP) is 5.27. The fourth-order valence-electron chi connectivity index (χ4n) is 10.3. The van der Waals surface area contributed by atoms with Crippen molar-refractivity contribution in [1.29, 1.82) is 0 Å². The van der Waals surface area contributed by atoms with Crippen LogP contribution in [0.2, 0.25) is 5.02 Å². The molecule has 64 heavy (non-hydrogen) atoms. The highest BCUT2D eigenvalue weighted by molar-refractivity contribution is 7.89. The average molecular weight is 923 g/mol. The van der Waals surface area contributed by atoms with E-state index in [9.17, 15) is 27.9 Å². The molecule has 1 amide bonds. The van der Waals surface area contributed by atoms with Crippen LogP contribution in [-0.4, -0.2) is 110 Å². The number of pyridine rings is 1. The number of fused-ring (bicyclic) bond motifs is 2. The van der Waals surface area contributed by atoms with Gasteiger partial charge in [0.25, 0.3) is 5.56 Å². The van der Waals surface area contributed by atoms with Crippen LogP contribution in [-0.2, 0) is 21.9 Å². The van der Waals surface area contributed by atoms with Crippen LogP contribution in [0.5, 0.6) is 0 Å². The number of carbonyl (C=O) groups excluding carboxylic acids is 1. The fraction of sp³-hybridized carbons (Fsp3) is 0.523. The highest BCUT2D eigenvalue weighted by atomic mass is 35.5. The number of sulfonamides is 1. The van der Waals surface area contributed by atoms with E-state index in [1.807, 2.05) is 6.92 Å². The zero-order valence-corrected chi connectivity index (χ0v) is 37.6. The third-order valence-electron chi connectivity index (χ3n) is 13.9. The Hall–Kier alpha value is -4.95. The molecular formula is C44H53ClF2N10O6S. The van der Waals surface area contributed by atoms with Crippen LogP contribution in [0.1, 0.15) is 81.9 Å². The maximum Gasteiger partial charge on any atom is 0.329 e. The normalized spacial score (nSPS) is 21.8. The first kappa shape index (κ1) is 44.3. The maximum atomic E-state index is 16.5. The maximum absolute atomic E-state index is 16.5. The summed E-state index contributed by atoms with van der Waals surface area (Å²) in [6, 6.07) is 8.94. The molecular weight excluding hydrogens is 870 g/mol. The van der Waals surface area contributed by atoms with Crippen molar-refractivity contribution in [2.24, 2.45) is 7.05 Å². The summed E-state index contributed by atoms with van der Waals surface area (Å²) in [5, 5.41) is 17.0. The number of nitrogens with zero attached hydrogens (tertiary/aromatic N) is 8. The van der Waals surface area contributed by atoms with Crippen molar-refractivity contribution < 1.29 is 27.1 Å². The molecule has 1 saturated carbocycles. The van der Waals surface area contributed by atoms with Crippen molar-refractivity contribution in [1.82, 2.24) is 38.2 Å². The number of alkyl halides is 1. The van der Waals surface area contributed by atoms with Crippen LogP contribution in [0, 0.1) is 12.7 Å². The van der Waals surface area contributed by atoms with Gasteiger partial charge in [-0.05, 0) is 93.8 Å². The minimum atomic E-state index is -3.81. The number of aliphatic hydroxyl groups is 1. The summed E-state index contributed by atoms with van der Waals surface area (Å²) in [5.41, 5.74) is -0.147. The number of aliphatic hydroxyl groups excluding tert-OH is 1. The molecule has 5 aromatic rings. The topological polar surface area (TPSA) is 180 Å². The lowest BCUT2D eigenvalue weighted by molar-refractivity contribution is -0.128. The van der Waals surface area contributed by atoms with Crippen molar-refractivity contribution in [3.05, 3.63) is 79.8 Å². The largest absolute Gasteiger partial charge is 0.372 e. The van der Waals surface area contributed by atoms with E-state index in [0.29, 0.717) is 61.3 Å². The molecule has 16 nitrogen and oxygen atoms in total. The smallest absolute Gasteiger partial charge is 0.329 e. The first-order valence-corrected chi connectivity index (χ1v) is 23.8. The standard InChI is InChI=1S/C44H53ClF2N10O6S/c1-26-22-30(8-9-32(26)49-42-48-24-27-23-31(45)41(60)56(39(27)51-42)29-6-4-5-7-29)64(62,63)55-18-14-28(15-19-55)54-20-16-44(47,17-21-54)25-52(2)33-10-11-34-38(37(33)46)53(3)43(61)57(34)35-12-13-36(58)50-40(35)59/h8-11,22-24,28-29,35,40,59H,4-7,12-21,25H2,1-3H3,(H,50,58)(H,48,49,51). The van der Waals surface area contributed by atoms with Crippen molar-refractivity contribution in [2.45, 2.75) is 106 Å². The van der Waals surface area contributed by atoms with Gasteiger partial charge in [-0.3, -0.25) is 23.3 Å². The summed E-state index contributed by atoms with van der Waals surface area (Å²) in [7, 11) is -0.734. The molecule has 9 rings (SSSR count). The Balaban J connectivity index is 0.806. The molecule has 0 spiro atoms. The van der Waals surface area contributed by atoms with E-state index < -0.39 is 39.5 Å². The SMILES string of the molecule is Cc1cc(S(=O)(=O)N2CCC(N3CCC(F)(CN(C)c4ccc5c(c4F)n(C)c(=O)n5C4CCC(=O)NC4O)CC3)CC2)ccc1Nc1ncc2cc(Cl)c(=O)n(C3CCCC3)c2n1. The average Bonchev–Trinajstić information content (AvgIpc) is 3.88. The van der Waals surface area contributed by atoms with Crippen LogP contribution in [0.3, 0.4) is 0 Å². The third kappa shape index (κ3) is 8.07. The van der Waals surface area contributed by atoms with Gasteiger partial charge in [-0.25, -0.2) is 27.0 Å². The Morgan fingerprint density at radius 3 is 2.39 bits per heavy atom. The summed E-state index contributed by atoms with van der Waals surface area (Å²) in [4.78, 5) is 51.2. The molecule has 3 saturated heterocycles. The van der Waals surface area contributed by atoms with Crippen molar-refractivity contribution in [3.63, 3.8) is 0 Å². The summed E-state index contributed by atoms with van der Waals surface area (Å²) in [6.07, 6.45) is 6.12. The van der Waals surface area contributed by atoms with Gasteiger partial charge in [-0.1, -0.05) is 24.4 Å². The number of aryl methyl sites for hydroxylation is 2. The van der Waals surface area contributed by atoms with Crippen LogP contribution >= 0.6 is 11.6 Å². The van der Waals surface area contributed by atoms with Gasteiger partial charge < -0.3 is 25.5 Å². The second-order valence-electron chi connectivity index (χ2n) is 18.0. The molecule has 0 radical (unpaired) electrons. The Morgan fingerprint density at radius 1 is 0.984 bits per heavy atom. The summed E-state index contributed by atoms with van der Waals surface area (Å²) in [6.45, 7) is 3.34.